The lowest BCUT2D eigenvalue weighted by Crippen LogP contribution is -2.60. The predicted molar refractivity (Wildman–Crippen MR) is 140 cm³/mol. The van der Waals surface area contributed by atoms with E-state index in [9.17, 15) is 4.57 Å². The van der Waals surface area contributed by atoms with Crippen molar-refractivity contribution in [3.63, 3.8) is 0 Å². The number of nitrogens with zero attached hydrogens (tertiary/aromatic N) is 2. The van der Waals surface area contributed by atoms with Crippen LogP contribution in [0, 0.1) is 0 Å². The zero-order valence-electron chi connectivity index (χ0n) is 21.3. The highest BCUT2D eigenvalue weighted by atomic mass is 31.3. The predicted octanol–water partition coefficient (Wildman–Crippen LogP) is 7.36. The average molecular weight is 520 g/mol. The monoisotopic (exact) mass is 519 g/mol. The highest BCUT2D eigenvalue weighted by Crippen LogP contribution is 2.69. The van der Waals surface area contributed by atoms with Gasteiger partial charge in [0, 0.05) is 0 Å². The molecule has 0 heterocycles. The third-order valence-electron chi connectivity index (χ3n) is 3.25. The molecule has 0 aromatic rings. The lowest BCUT2D eigenvalue weighted by molar-refractivity contribution is 0.170. The van der Waals surface area contributed by atoms with Crippen molar-refractivity contribution in [3.8, 4) is 0 Å². The highest BCUT2D eigenvalue weighted by Gasteiger charge is 2.51. The van der Waals surface area contributed by atoms with Gasteiger partial charge in [-0.05, 0) is 33.5 Å². The maximum atomic E-state index is 13.7. The van der Waals surface area contributed by atoms with Gasteiger partial charge in [-0.15, -0.1) is 0 Å². The van der Waals surface area contributed by atoms with Crippen LogP contribution in [0.1, 0.15) is 13.8 Å². The average Bonchev–Trinajstić information content (AvgIpc) is 2.28. The zero-order chi connectivity index (χ0) is 23.5. The van der Waals surface area contributed by atoms with Gasteiger partial charge in [0.05, 0.1) is 13.2 Å². The summed E-state index contributed by atoms with van der Waals surface area (Å²) in [5.41, 5.74) is 0. The number of phosphoric ester groups is 1. The Hall–Kier alpha value is 1.13. The fraction of sp³-hybridized carbons (Fsp3) is 1.00. The maximum absolute atomic E-state index is 13.7. The van der Waals surface area contributed by atoms with Crippen LogP contribution in [0.5, 0.6) is 0 Å². The second kappa shape index (κ2) is 10.4. The SMILES string of the molecule is CCOP(=O)(OCC)OP(=N[Si](C)(C)C)(N[Si](C)(C)C)N([Si](C)(C)C)[Si](C)(C)C. The van der Waals surface area contributed by atoms with E-state index in [0.717, 1.165) is 0 Å². The lowest BCUT2D eigenvalue weighted by Gasteiger charge is -2.52. The van der Waals surface area contributed by atoms with Crippen LogP contribution >= 0.6 is 15.4 Å². The minimum atomic E-state index is -3.77. The van der Waals surface area contributed by atoms with Crippen molar-refractivity contribution in [1.29, 1.82) is 0 Å². The van der Waals surface area contributed by atoms with Gasteiger partial charge in [0.2, 0.25) is 7.58 Å². The molecule has 0 aliphatic carbocycles. The molecule has 0 saturated carbocycles. The van der Waals surface area contributed by atoms with Gasteiger partial charge in [0.15, 0.2) is 8.24 Å². The van der Waals surface area contributed by atoms with Gasteiger partial charge in [-0.1, -0.05) is 58.9 Å². The summed E-state index contributed by atoms with van der Waals surface area (Å²) in [5, 5.41) is 0. The first kappa shape index (κ1) is 30.1. The number of nitrogens with one attached hydrogen (secondary N) is 1. The molecular formula is C16H47N3O4P2Si4. The number of hydrogen-bond acceptors (Lipinski definition) is 5. The Morgan fingerprint density at radius 1 is 0.793 bits per heavy atom. The van der Waals surface area contributed by atoms with Gasteiger partial charge in [0.1, 0.15) is 24.7 Å². The Balaban J connectivity index is 7.22. The van der Waals surface area contributed by atoms with Crippen molar-refractivity contribution in [2.75, 3.05) is 13.2 Å². The fourth-order valence-electron chi connectivity index (χ4n) is 3.40. The summed E-state index contributed by atoms with van der Waals surface area (Å²) < 4.78 is 43.3. The van der Waals surface area contributed by atoms with Crippen LogP contribution in [0.3, 0.4) is 0 Å². The van der Waals surface area contributed by atoms with Gasteiger partial charge in [0.25, 0.3) is 0 Å². The molecule has 1 unspecified atom stereocenters. The molecule has 1 atom stereocenters. The molecule has 0 fully saturated rings. The van der Waals surface area contributed by atoms with Gasteiger partial charge in [-0.3, -0.25) is 22.2 Å². The third kappa shape index (κ3) is 10.5. The van der Waals surface area contributed by atoms with E-state index in [2.05, 4.69) is 87.3 Å². The molecule has 0 rings (SSSR count). The van der Waals surface area contributed by atoms with Crippen LogP contribution in [0.4, 0.5) is 0 Å². The first-order chi connectivity index (χ1) is 12.6. The summed E-state index contributed by atoms with van der Waals surface area (Å²) in [7, 11) is -14.3. The van der Waals surface area contributed by atoms with Crippen molar-refractivity contribution < 1.29 is 17.9 Å². The van der Waals surface area contributed by atoms with E-state index in [1.165, 1.54) is 0 Å². The molecule has 0 saturated heterocycles. The Kier molecular flexibility index (Phi) is 10.8. The van der Waals surface area contributed by atoms with Crippen molar-refractivity contribution in [1.82, 2.24) is 8.75 Å². The van der Waals surface area contributed by atoms with Crippen molar-refractivity contribution in [3.05, 3.63) is 0 Å². The van der Waals surface area contributed by atoms with Crippen LogP contribution in [-0.4, -0.2) is 50.2 Å². The largest absolute Gasteiger partial charge is 0.481 e. The van der Waals surface area contributed by atoms with Crippen LogP contribution in [0.25, 0.3) is 0 Å². The second-order valence-electron chi connectivity index (χ2n) is 11.2. The van der Waals surface area contributed by atoms with Crippen LogP contribution in [0.2, 0.25) is 78.6 Å². The van der Waals surface area contributed by atoms with Crippen LogP contribution < -0.4 is 4.75 Å². The van der Waals surface area contributed by atoms with Gasteiger partial charge in [-0.25, -0.2) is 8.88 Å². The second-order valence-corrected chi connectivity index (χ2v) is 36.1. The van der Waals surface area contributed by atoms with Crippen LogP contribution in [-0.2, 0) is 17.9 Å². The molecule has 0 aromatic heterocycles. The number of rotatable bonds is 12. The quantitative estimate of drug-likeness (QED) is 0.214. The van der Waals surface area contributed by atoms with Crippen molar-refractivity contribution >= 4 is 48.3 Å². The zero-order valence-corrected chi connectivity index (χ0v) is 27.1. The number of hydrogen-bond donors (Lipinski definition) is 1. The van der Waals surface area contributed by atoms with Crippen molar-refractivity contribution in [2.24, 2.45) is 4.41 Å². The molecule has 0 bridgehead atoms. The molecule has 13 heteroatoms. The Morgan fingerprint density at radius 3 is 1.41 bits per heavy atom. The maximum Gasteiger partial charge on any atom is 0.481 e. The first-order valence-corrected chi connectivity index (χ1v) is 27.4. The Labute approximate surface area is 184 Å². The normalized spacial score (nSPS) is 16.8. The lowest BCUT2D eigenvalue weighted by atomic mass is 10.9. The summed E-state index contributed by atoms with van der Waals surface area (Å²) in [4.78, 5) is 0. The molecule has 7 nitrogen and oxygen atoms in total. The standard InChI is InChI=1S/C16H47N3O4P2Si4/c1-15-21-25(20,22-16-2)23-24(17-26(3,4)5,18-27(6,7)8)19(28(9,10)11)29(12,13)14/h17H,15-16H2,1-14H3. The Morgan fingerprint density at radius 2 is 1.17 bits per heavy atom. The molecule has 29 heavy (non-hydrogen) atoms. The summed E-state index contributed by atoms with van der Waals surface area (Å²) in [6.07, 6.45) is 0. The number of phosphoric acid groups is 1. The first-order valence-electron chi connectivity index (χ1n) is 10.4. The molecule has 0 aromatic carbocycles. The molecule has 0 aliphatic rings. The molecule has 0 radical (unpaired) electrons. The van der Waals surface area contributed by atoms with E-state index < -0.39 is 48.3 Å². The summed E-state index contributed by atoms with van der Waals surface area (Å²) in [6, 6.07) is 0. The molecule has 1 N–H and O–H groups in total. The minimum Gasteiger partial charge on any atom is -0.291 e. The van der Waals surface area contributed by atoms with Crippen molar-refractivity contribution in [2.45, 2.75) is 92.4 Å². The van der Waals surface area contributed by atoms with Gasteiger partial charge < -0.3 is 0 Å². The van der Waals surface area contributed by atoms with E-state index in [0.29, 0.717) is 0 Å². The van der Waals surface area contributed by atoms with Crippen LogP contribution in [0.15, 0.2) is 4.41 Å². The summed E-state index contributed by atoms with van der Waals surface area (Å²) in [6.45, 7) is 31.4. The minimum absolute atomic E-state index is 0.261. The molecule has 0 amide bonds. The Bertz CT molecular complexity index is 614. The van der Waals surface area contributed by atoms with E-state index in [1.54, 1.807) is 0 Å². The highest BCUT2D eigenvalue weighted by molar-refractivity contribution is 7.71. The summed E-state index contributed by atoms with van der Waals surface area (Å²) >= 11 is 0. The topological polar surface area (TPSA) is 72.4 Å². The fourth-order valence-corrected chi connectivity index (χ4v) is 32.0. The van der Waals surface area contributed by atoms with E-state index >= 15 is 0 Å². The van der Waals surface area contributed by atoms with Gasteiger partial charge >= 0.3 is 7.82 Å². The third-order valence-corrected chi connectivity index (χ3v) is 25.8. The molecular weight excluding hydrogens is 472 g/mol. The van der Waals surface area contributed by atoms with E-state index in [1.807, 2.05) is 13.8 Å². The smallest absolute Gasteiger partial charge is 0.291 e. The van der Waals surface area contributed by atoms with E-state index in [4.69, 9.17) is 17.8 Å². The van der Waals surface area contributed by atoms with Gasteiger partial charge in [-0.2, -0.15) is 0 Å². The molecule has 176 valence electrons. The van der Waals surface area contributed by atoms with E-state index in [-0.39, 0.29) is 13.2 Å². The molecule has 0 spiro atoms. The molecule has 0 aliphatic heterocycles. The summed E-state index contributed by atoms with van der Waals surface area (Å²) in [5.74, 6) is 0.